The van der Waals surface area contributed by atoms with Crippen LogP contribution in [0.2, 0.25) is 0 Å². The SMILES string of the molecule is C=C[C@@H]1C[C@]1(NC(=O)[C@@H]1C[C@@H](Oc2cc(-c3ccccc3)nc3cc(OC)ccc23)CN1C(=O)[C@@H](CC(=O)N1C2CCC1CC(=O)C2)C(C)(C)C)C(=O)N(C1CC1)[SH](=O)=O. The minimum absolute atomic E-state index is 0.00570. The highest BCUT2D eigenvalue weighted by Gasteiger charge is 2.63. The van der Waals surface area contributed by atoms with Crippen molar-refractivity contribution in [1.29, 1.82) is 0 Å². The summed E-state index contributed by atoms with van der Waals surface area (Å²) in [5, 5.41) is 3.61. The van der Waals surface area contributed by atoms with E-state index in [1.54, 1.807) is 19.3 Å². The molecule has 4 heterocycles. The maximum absolute atomic E-state index is 15.1. The maximum Gasteiger partial charge on any atom is 0.262 e. The normalized spacial score (nSPS) is 26.5. The number of benzene rings is 2. The molecule has 4 amide bonds. The first-order valence-electron chi connectivity index (χ1n) is 20.9. The summed E-state index contributed by atoms with van der Waals surface area (Å²) in [5.41, 5.74) is -0.124. The summed E-state index contributed by atoms with van der Waals surface area (Å²) in [6, 6.07) is 15.0. The molecular weight excluding hydrogens is 787 g/mol. The van der Waals surface area contributed by atoms with Gasteiger partial charge in [-0.05, 0) is 49.7 Å². The van der Waals surface area contributed by atoms with Crippen LogP contribution in [0.3, 0.4) is 0 Å². The molecule has 1 aromatic heterocycles. The van der Waals surface area contributed by atoms with E-state index in [9.17, 15) is 27.6 Å². The van der Waals surface area contributed by atoms with Gasteiger partial charge in [0.1, 0.15) is 35.0 Å². The van der Waals surface area contributed by atoms with Crippen LogP contribution in [-0.2, 0) is 34.9 Å². The topological polar surface area (TPSA) is 173 Å². The highest BCUT2D eigenvalue weighted by atomic mass is 32.2. The molecular formula is C45H53N5O9S. The second kappa shape index (κ2) is 15.9. The molecule has 1 N–H and O–H groups in total. The van der Waals surface area contributed by atoms with E-state index in [1.807, 2.05) is 74.2 Å². The number of carbonyl (C=O) groups is 5. The van der Waals surface area contributed by atoms with Gasteiger partial charge in [-0.25, -0.2) is 17.7 Å². The van der Waals surface area contributed by atoms with E-state index in [2.05, 4.69) is 11.9 Å². The summed E-state index contributed by atoms with van der Waals surface area (Å²) < 4.78 is 37.8. The molecule has 60 heavy (non-hydrogen) atoms. The Labute approximate surface area is 351 Å². The van der Waals surface area contributed by atoms with Gasteiger partial charge in [-0.2, -0.15) is 0 Å². The number of nitrogens with zero attached hydrogens (tertiary/aromatic N) is 4. The van der Waals surface area contributed by atoms with E-state index in [-0.39, 0.29) is 49.6 Å². The van der Waals surface area contributed by atoms with Crippen LogP contribution in [0.4, 0.5) is 0 Å². The lowest BCUT2D eigenvalue weighted by molar-refractivity contribution is -0.150. The van der Waals surface area contributed by atoms with Crippen molar-refractivity contribution in [2.24, 2.45) is 17.3 Å². The van der Waals surface area contributed by atoms with Crippen LogP contribution in [0.15, 0.2) is 67.3 Å². The lowest BCUT2D eigenvalue weighted by Crippen LogP contribution is -2.57. The number of rotatable bonds is 13. The third kappa shape index (κ3) is 7.88. The minimum atomic E-state index is -3.25. The second-order valence-electron chi connectivity index (χ2n) is 18.1. The van der Waals surface area contributed by atoms with Gasteiger partial charge in [0, 0.05) is 72.8 Å². The van der Waals surface area contributed by atoms with Crippen molar-refractivity contribution in [3.63, 3.8) is 0 Å². The average Bonchev–Trinajstić information content (AvgIpc) is 4.12. The van der Waals surface area contributed by atoms with Crippen molar-refractivity contribution in [3.05, 3.63) is 67.3 Å². The first-order valence-corrected chi connectivity index (χ1v) is 22.0. The summed E-state index contributed by atoms with van der Waals surface area (Å²) in [4.78, 5) is 78.5. The average molecular weight is 840 g/mol. The number of ketones is 1. The molecule has 2 saturated carbocycles. The number of ether oxygens (including phenoxy) is 2. The fourth-order valence-electron chi connectivity index (χ4n) is 9.55. The molecule has 2 aromatic carbocycles. The van der Waals surface area contributed by atoms with Crippen LogP contribution < -0.4 is 14.8 Å². The number of piperidine rings is 1. The summed E-state index contributed by atoms with van der Waals surface area (Å²) in [6.45, 7) is 9.51. The van der Waals surface area contributed by atoms with E-state index in [0.29, 0.717) is 53.8 Å². The Morgan fingerprint density at radius 3 is 2.33 bits per heavy atom. The maximum atomic E-state index is 15.1. The number of hydrogen-bond donors (Lipinski definition) is 2. The van der Waals surface area contributed by atoms with E-state index in [4.69, 9.17) is 14.5 Å². The number of Topliss-reactive ketones (excluding diaryl/α,β-unsaturated/α-hetero) is 1. The molecule has 3 saturated heterocycles. The Morgan fingerprint density at radius 2 is 1.73 bits per heavy atom. The van der Waals surface area contributed by atoms with Gasteiger partial charge < -0.3 is 24.6 Å². The summed E-state index contributed by atoms with van der Waals surface area (Å²) in [5.74, 6) is -2.03. The first kappa shape index (κ1) is 41.4. The number of carbonyl (C=O) groups excluding carboxylic acids is 5. The molecule has 0 radical (unpaired) electrons. The molecule has 5 aliphatic rings. The molecule has 14 nitrogen and oxygen atoms in total. The number of amides is 4. The number of hydrogen-bond acceptors (Lipinski definition) is 10. The van der Waals surface area contributed by atoms with Crippen LogP contribution in [-0.4, -0.2) is 106 Å². The molecule has 3 aromatic rings. The van der Waals surface area contributed by atoms with Crippen LogP contribution in [0, 0.1) is 17.3 Å². The van der Waals surface area contributed by atoms with Gasteiger partial charge in [0.15, 0.2) is 0 Å². The second-order valence-corrected chi connectivity index (χ2v) is 19.0. The molecule has 2 aliphatic carbocycles. The number of methoxy groups -OCH3 is 1. The van der Waals surface area contributed by atoms with Crippen molar-refractivity contribution < 1.29 is 41.9 Å². The molecule has 7 atom stereocenters. The largest absolute Gasteiger partial charge is 0.497 e. The molecule has 0 spiro atoms. The fourth-order valence-corrected chi connectivity index (χ4v) is 10.4. The molecule has 8 rings (SSSR count). The first-order chi connectivity index (χ1) is 28.6. The Kier molecular flexibility index (Phi) is 11.0. The molecule has 15 heteroatoms. The Bertz CT molecular complexity index is 2300. The zero-order chi connectivity index (χ0) is 42.7. The van der Waals surface area contributed by atoms with Crippen molar-refractivity contribution in [2.45, 2.75) is 114 Å². The number of likely N-dealkylation sites (tertiary alicyclic amines) is 1. The third-order valence-electron chi connectivity index (χ3n) is 13.1. The van der Waals surface area contributed by atoms with Crippen molar-refractivity contribution in [2.75, 3.05) is 13.7 Å². The Balaban J connectivity index is 1.13. The third-order valence-corrected chi connectivity index (χ3v) is 13.9. The molecule has 3 aliphatic heterocycles. The van der Waals surface area contributed by atoms with Gasteiger partial charge in [0.05, 0.1) is 30.8 Å². The summed E-state index contributed by atoms with van der Waals surface area (Å²) in [7, 11) is -1.68. The lowest BCUT2D eigenvalue weighted by atomic mass is 9.77. The van der Waals surface area contributed by atoms with E-state index in [0.717, 1.165) is 22.7 Å². The van der Waals surface area contributed by atoms with Crippen molar-refractivity contribution in [3.8, 4) is 22.8 Å². The zero-order valence-corrected chi connectivity index (χ0v) is 35.4. The minimum Gasteiger partial charge on any atom is -0.497 e. The number of pyridine rings is 1. The fraction of sp³-hybridized carbons (Fsp3) is 0.511. The Morgan fingerprint density at radius 1 is 1.03 bits per heavy atom. The van der Waals surface area contributed by atoms with E-state index < -0.39 is 69.6 Å². The monoisotopic (exact) mass is 839 g/mol. The molecule has 2 bridgehead atoms. The van der Waals surface area contributed by atoms with E-state index in [1.165, 1.54) is 4.90 Å². The standard InChI is InChI=1S/C45H53N5O9S/c1-6-27-24-45(27,43(55)50(60(56)57)28-12-13-28)47-41(53)38-21-33(59-39-23-36(26-10-8-7-9-11-26)46-37-20-32(58-5)16-17-34(37)39)25-48(38)42(54)35(44(2,3)4)22-40(52)49-29-14-15-30(49)19-31(51)18-29/h6-11,16-17,20,23,27-30,33,35,38,60H,1,12-15,18-19,21-22,24-25H2,2-5H3,(H,47,53)/t27-,29?,30?,33-,35-,38+,45-/m1/s1. The van der Waals surface area contributed by atoms with Crippen LogP contribution in [0.5, 0.6) is 11.5 Å². The number of thiol groups is 1. The van der Waals surface area contributed by atoms with Gasteiger partial charge in [0.25, 0.3) is 5.91 Å². The van der Waals surface area contributed by atoms with Crippen LogP contribution in [0.25, 0.3) is 22.2 Å². The quantitative estimate of drug-likeness (QED) is 0.183. The van der Waals surface area contributed by atoms with Crippen molar-refractivity contribution >= 4 is 51.2 Å². The lowest BCUT2D eigenvalue weighted by Gasteiger charge is -2.38. The summed E-state index contributed by atoms with van der Waals surface area (Å²) in [6.07, 6.45) is 4.17. The van der Waals surface area contributed by atoms with Gasteiger partial charge >= 0.3 is 0 Å². The van der Waals surface area contributed by atoms with Gasteiger partial charge in [-0.15, -0.1) is 6.58 Å². The predicted octanol–water partition coefficient (Wildman–Crippen LogP) is 4.61. The molecule has 318 valence electrons. The predicted molar refractivity (Wildman–Crippen MR) is 223 cm³/mol. The van der Waals surface area contributed by atoms with Crippen molar-refractivity contribution in [1.82, 2.24) is 24.4 Å². The summed E-state index contributed by atoms with van der Waals surface area (Å²) >= 11 is 0. The highest BCUT2D eigenvalue weighted by Crippen LogP contribution is 2.48. The number of fused-ring (bicyclic) bond motifs is 3. The molecule has 2 unspecified atom stereocenters. The smallest absolute Gasteiger partial charge is 0.262 e. The molecule has 5 fully saturated rings. The zero-order valence-electron chi connectivity index (χ0n) is 34.5. The number of aromatic nitrogens is 1. The van der Waals surface area contributed by atoms with Crippen LogP contribution in [0.1, 0.15) is 78.6 Å². The Hall–Kier alpha value is -5.31. The van der Waals surface area contributed by atoms with Gasteiger partial charge in [0.2, 0.25) is 28.6 Å². The van der Waals surface area contributed by atoms with Gasteiger partial charge in [-0.3, -0.25) is 24.0 Å². The van der Waals surface area contributed by atoms with Crippen LogP contribution >= 0.6 is 0 Å². The number of nitrogens with one attached hydrogen (secondary N) is 1. The highest BCUT2D eigenvalue weighted by molar-refractivity contribution is 7.70. The van der Waals surface area contributed by atoms with E-state index >= 15 is 4.79 Å². The van der Waals surface area contributed by atoms with Gasteiger partial charge in [-0.1, -0.05) is 57.2 Å².